The van der Waals surface area contributed by atoms with Crippen LogP contribution >= 0.6 is 0 Å². The van der Waals surface area contributed by atoms with Gasteiger partial charge in [0.25, 0.3) is 0 Å². The van der Waals surface area contributed by atoms with Crippen molar-refractivity contribution in [2.45, 2.75) is 13.8 Å². The van der Waals surface area contributed by atoms with Crippen LogP contribution in [0.3, 0.4) is 0 Å². The van der Waals surface area contributed by atoms with Crippen molar-refractivity contribution in [1.82, 2.24) is 0 Å². The molecule has 0 saturated carbocycles. The maximum Gasteiger partial charge on any atom is 2.00 e. The van der Waals surface area contributed by atoms with Gasteiger partial charge in [-0.15, -0.1) is 11.1 Å². The molecule has 0 fully saturated rings. The molecule has 0 aliphatic heterocycles. The molecule has 5 heteroatoms. The number of hydrogen-bond donors (Lipinski definition) is 1. The van der Waals surface area contributed by atoms with E-state index in [1.54, 1.807) is 0 Å². The van der Waals surface area contributed by atoms with E-state index in [0.717, 1.165) is 28.3 Å². The molecule has 0 amide bonds. The Morgan fingerprint density at radius 3 is 2.00 bits per heavy atom. The Kier molecular flexibility index (Phi) is 9.14. The summed E-state index contributed by atoms with van der Waals surface area (Å²) in [4.78, 5) is 8.83. The van der Waals surface area contributed by atoms with Crippen molar-refractivity contribution in [2.24, 2.45) is 0 Å². The number of nitrogens with two attached hydrogens (primary N) is 1. The number of methoxy groups -OCH3 is 1. The SMILES string of the molecule is CO[C-]=O.Cc1c[c-]cc(C)c1Oc1ccc(N)cc1.[W+2]. The molecule has 110 valence electrons. The molecule has 0 atom stereocenters. The summed E-state index contributed by atoms with van der Waals surface area (Å²) < 4.78 is 9.56. The molecule has 4 nitrogen and oxygen atoms in total. The summed E-state index contributed by atoms with van der Waals surface area (Å²) in [6, 6.07) is 14.3. The van der Waals surface area contributed by atoms with Crippen molar-refractivity contribution in [1.29, 1.82) is 0 Å². The topological polar surface area (TPSA) is 61.5 Å². The summed E-state index contributed by atoms with van der Waals surface area (Å²) in [6.07, 6.45) is 0. The molecule has 0 saturated heterocycles. The molecular weight excluding hydrogens is 438 g/mol. The Bertz CT molecular complexity index is 536. The van der Waals surface area contributed by atoms with Crippen LogP contribution in [0.5, 0.6) is 11.5 Å². The summed E-state index contributed by atoms with van der Waals surface area (Å²) in [5.74, 6) is 1.69. The van der Waals surface area contributed by atoms with Gasteiger partial charge in [0, 0.05) is 18.5 Å². The molecule has 0 heterocycles. The molecule has 0 aliphatic carbocycles. The van der Waals surface area contributed by atoms with E-state index in [-0.39, 0.29) is 21.1 Å². The fourth-order valence-electron chi connectivity index (χ4n) is 1.55. The third-order valence-corrected chi connectivity index (χ3v) is 2.50. The zero-order valence-corrected chi connectivity index (χ0v) is 15.1. The molecule has 0 bridgehead atoms. The van der Waals surface area contributed by atoms with E-state index in [0.29, 0.717) is 0 Å². The van der Waals surface area contributed by atoms with Crippen LogP contribution in [-0.2, 0) is 30.6 Å². The summed E-state index contributed by atoms with van der Waals surface area (Å²) in [5, 5.41) is 0. The Balaban J connectivity index is 0.000000715. The number of aryl methyl sites for hydroxylation is 2. The molecule has 21 heavy (non-hydrogen) atoms. The Morgan fingerprint density at radius 1 is 1.10 bits per heavy atom. The first kappa shape index (κ1) is 19.2. The minimum Gasteiger partial charge on any atom is -0.655 e. The molecule has 0 spiro atoms. The van der Waals surface area contributed by atoms with Crippen molar-refractivity contribution in [2.75, 3.05) is 12.8 Å². The van der Waals surface area contributed by atoms with E-state index in [1.165, 1.54) is 13.6 Å². The minimum absolute atomic E-state index is 0. The number of hydrogen-bond acceptors (Lipinski definition) is 4. The Morgan fingerprint density at radius 2 is 1.57 bits per heavy atom. The second-order valence-electron chi connectivity index (χ2n) is 4.11. The summed E-state index contributed by atoms with van der Waals surface area (Å²) in [5.41, 5.74) is 8.52. The van der Waals surface area contributed by atoms with E-state index in [2.05, 4.69) is 10.8 Å². The van der Waals surface area contributed by atoms with Gasteiger partial charge in [-0.25, -0.2) is 0 Å². The Hall–Kier alpha value is -1.80. The molecule has 2 N–H and O–H groups in total. The maximum absolute atomic E-state index is 8.83. The zero-order chi connectivity index (χ0) is 15.0. The number of nitrogen functional groups attached to an aromatic ring is 1. The number of ether oxygens (including phenoxy) is 2. The predicted molar refractivity (Wildman–Crippen MR) is 78.4 cm³/mol. The minimum atomic E-state index is 0. The van der Waals surface area contributed by atoms with Crippen LogP contribution in [0, 0.1) is 19.9 Å². The normalized spacial score (nSPS) is 8.71. The van der Waals surface area contributed by atoms with E-state index >= 15 is 0 Å². The molecule has 0 aromatic heterocycles. The fourth-order valence-corrected chi connectivity index (χ4v) is 1.55. The second-order valence-corrected chi connectivity index (χ2v) is 4.11. The second kappa shape index (κ2) is 10.0. The predicted octanol–water partition coefficient (Wildman–Crippen LogP) is 3.18. The van der Waals surface area contributed by atoms with Crippen LogP contribution in [0.2, 0.25) is 0 Å². The van der Waals surface area contributed by atoms with Gasteiger partial charge in [0.05, 0.1) is 0 Å². The zero-order valence-electron chi connectivity index (χ0n) is 12.2. The molecule has 0 unspecified atom stereocenters. The Labute approximate surface area is 139 Å². The van der Waals surface area contributed by atoms with Crippen molar-refractivity contribution < 1.29 is 35.3 Å². The van der Waals surface area contributed by atoms with Crippen LogP contribution in [0.15, 0.2) is 36.4 Å². The van der Waals surface area contributed by atoms with Crippen LogP contribution in [0.25, 0.3) is 0 Å². The van der Waals surface area contributed by atoms with Crippen LogP contribution < -0.4 is 10.5 Å². The third kappa shape index (κ3) is 6.45. The van der Waals surface area contributed by atoms with Crippen molar-refractivity contribution in [3.63, 3.8) is 0 Å². The quantitative estimate of drug-likeness (QED) is 0.571. The molecular formula is C16H17NO3W. The standard InChI is InChI=1S/C14H14NO.C2H3O2.W/c1-10-4-3-5-11(2)14(10)16-13-8-6-12(15)7-9-13;1-4-2-3;/h4-9H,15H2,1-2H3;1H3;/q2*-1;+2. The summed E-state index contributed by atoms with van der Waals surface area (Å²) >= 11 is 0. The molecule has 0 aliphatic rings. The first-order valence-corrected chi connectivity index (χ1v) is 5.99. The third-order valence-electron chi connectivity index (χ3n) is 2.50. The van der Waals surface area contributed by atoms with Crippen LogP contribution in [-0.4, -0.2) is 13.6 Å². The van der Waals surface area contributed by atoms with Gasteiger partial charge in [0.2, 0.25) is 0 Å². The van der Waals surface area contributed by atoms with Gasteiger partial charge in [-0.2, -0.15) is 18.2 Å². The van der Waals surface area contributed by atoms with Crippen LogP contribution in [0.1, 0.15) is 11.1 Å². The van der Waals surface area contributed by atoms with Gasteiger partial charge in [0.15, 0.2) is 0 Å². The van der Waals surface area contributed by atoms with Crippen molar-refractivity contribution in [3.8, 4) is 11.5 Å². The molecule has 0 radical (unpaired) electrons. The first-order valence-electron chi connectivity index (χ1n) is 5.99. The van der Waals surface area contributed by atoms with Gasteiger partial charge in [-0.05, 0) is 24.3 Å². The largest absolute Gasteiger partial charge is 2.00 e. The van der Waals surface area contributed by atoms with Crippen LogP contribution in [0.4, 0.5) is 5.69 Å². The maximum atomic E-state index is 8.83. The molecule has 2 aromatic rings. The fraction of sp³-hybridized carbons (Fsp3) is 0.188. The van der Waals surface area contributed by atoms with Crippen molar-refractivity contribution in [3.05, 3.63) is 53.6 Å². The van der Waals surface area contributed by atoms with Gasteiger partial charge >= 0.3 is 21.1 Å². The van der Waals surface area contributed by atoms with Gasteiger partial charge in [0.1, 0.15) is 5.75 Å². The number of rotatable bonds is 3. The smallest absolute Gasteiger partial charge is 0.655 e. The average Bonchev–Trinajstić information content (AvgIpc) is 2.45. The van der Waals surface area contributed by atoms with E-state index < -0.39 is 0 Å². The number of anilines is 1. The van der Waals surface area contributed by atoms with E-state index in [9.17, 15) is 0 Å². The molecule has 2 rings (SSSR count). The number of benzene rings is 2. The van der Waals surface area contributed by atoms with Gasteiger partial charge in [-0.3, -0.25) is 0 Å². The van der Waals surface area contributed by atoms with Gasteiger partial charge in [-0.1, -0.05) is 20.3 Å². The number of carbonyl (C=O) groups excluding carboxylic acids is 1. The van der Waals surface area contributed by atoms with E-state index in [4.69, 9.17) is 15.3 Å². The summed E-state index contributed by atoms with van der Waals surface area (Å²) in [7, 11) is 1.26. The average molecular weight is 455 g/mol. The van der Waals surface area contributed by atoms with Crippen molar-refractivity contribution >= 4 is 12.2 Å². The van der Waals surface area contributed by atoms with E-state index in [1.807, 2.05) is 50.2 Å². The first-order chi connectivity index (χ1) is 9.58. The summed E-state index contributed by atoms with van der Waals surface area (Å²) in [6.45, 7) is 5.20. The monoisotopic (exact) mass is 455 g/mol. The van der Waals surface area contributed by atoms with Gasteiger partial charge < -0.3 is 20.0 Å². The molecule has 2 aromatic carbocycles.